The van der Waals surface area contributed by atoms with Gasteiger partial charge in [-0.15, -0.1) is 0 Å². The number of carboxylic acid groups (broad SMARTS) is 1. The summed E-state index contributed by atoms with van der Waals surface area (Å²) in [6, 6.07) is 0.961. The van der Waals surface area contributed by atoms with Crippen molar-refractivity contribution in [3.63, 3.8) is 0 Å². The van der Waals surface area contributed by atoms with Crippen molar-refractivity contribution in [3.8, 4) is 0 Å². The maximum atomic E-state index is 10.7. The average Bonchev–Trinajstić information content (AvgIpc) is 2.73. The number of carboxylic acids is 1. The van der Waals surface area contributed by atoms with E-state index < -0.39 is 5.97 Å². The number of hydrogen-bond acceptors (Lipinski definition) is 3. The van der Waals surface area contributed by atoms with E-state index in [1.165, 1.54) is 12.8 Å². The normalized spacial score (nSPS) is 35.0. The van der Waals surface area contributed by atoms with Crippen LogP contribution in [0.2, 0.25) is 0 Å². The Morgan fingerprint density at radius 3 is 2.88 bits per heavy atom. The van der Waals surface area contributed by atoms with Crippen LogP contribution in [0, 0.1) is 0 Å². The van der Waals surface area contributed by atoms with Crippen LogP contribution in [0.5, 0.6) is 0 Å². The summed E-state index contributed by atoms with van der Waals surface area (Å²) in [5.74, 6) is -0.675. The van der Waals surface area contributed by atoms with Crippen LogP contribution in [-0.2, 0) is 9.53 Å². The van der Waals surface area contributed by atoms with Crippen molar-refractivity contribution in [1.82, 2.24) is 4.90 Å². The molecule has 3 atom stereocenters. The lowest BCUT2D eigenvalue weighted by molar-refractivity contribution is -0.137. The molecule has 2 saturated heterocycles. The molecule has 1 N–H and O–H groups in total. The summed E-state index contributed by atoms with van der Waals surface area (Å²) in [6.07, 6.45) is 6.12. The highest BCUT2D eigenvalue weighted by Crippen LogP contribution is 2.29. The van der Waals surface area contributed by atoms with Crippen molar-refractivity contribution in [2.45, 2.75) is 63.6 Å². The smallest absolute Gasteiger partial charge is 0.303 e. The van der Waals surface area contributed by atoms with E-state index >= 15 is 0 Å². The van der Waals surface area contributed by atoms with Gasteiger partial charge in [-0.2, -0.15) is 0 Å². The van der Waals surface area contributed by atoms with Gasteiger partial charge < -0.3 is 9.84 Å². The summed E-state index contributed by atoms with van der Waals surface area (Å²) >= 11 is 0. The van der Waals surface area contributed by atoms with Crippen molar-refractivity contribution in [3.05, 3.63) is 0 Å². The lowest BCUT2D eigenvalue weighted by Gasteiger charge is -2.40. The van der Waals surface area contributed by atoms with Crippen molar-refractivity contribution in [2.24, 2.45) is 0 Å². The van der Waals surface area contributed by atoms with Crippen LogP contribution in [0.15, 0.2) is 0 Å². The summed E-state index contributed by atoms with van der Waals surface area (Å²) in [5, 5.41) is 8.80. The fraction of sp³-hybridized carbons (Fsp3) is 0.923. The fourth-order valence-corrected chi connectivity index (χ4v) is 3.22. The van der Waals surface area contributed by atoms with Crippen molar-refractivity contribution in [2.75, 3.05) is 13.2 Å². The van der Waals surface area contributed by atoms with Crippen molar-refractivity contribution >= 4 is 5.97 Å². The first-order valence-corrected chi connectivity index (χ1v) is 6.77. The predicted molar refractivity (Wildman–Crippen MR) is 65.0 cm³/mol. The maximum absolute atomic E-state index is 10.7. The van der Waals surface area contributed by atoms with Gasteiger partial charge in [0.1, 0.15) is 0 Å². The van der Waals surface area contributed by atoms with E-state index in [2.05, 4.69) is 11.8 Å². The second-order valence-corrected chi connectivity index (χ2v) is 5.25. The highest BCUT2D eigenvalue weighted by molar-refractivity contribution is 5.66. The number of hydrogen-bond donors (Lipinski definition) is 1. The number of nitrogens with zero attached hydrogens (tertiary/aromatic N) is 1. The SMILES string of the molecule is CC1OCCC1N1CCCCC1CCC(=O)O. The lowest BCUT2D eigenvalue weighted by Crippen LogP contribution is -2.49. The molecular formula is C13H23NO3. The minimum absolute atomic E-state index is 0.295. The quantitative estimate of drug-likeness (QED) is 0.816. The second-order valence-electron chi connectivity index (χ2n) is 5.25. The van der Waals surface area contributed by atoms with Crippen LogP contribution >= 0.6 is 0 Å². The Morgan fingerprint density at radius 1 is 1.41 bits per heavy atom. The summed E-state index contributed by atoms with van der Waals surface area (Å²) in [4.78, 5) is 13.2. The molecule has 3 unspecified atom stereocenters. The first-order valence-electron chi connectivity index (χ1n) is 6.77. The summed E-state index contributed by atoms with van der Waals surface area (Å²) < 4.78 is 5.63. The molecule has 0 aromatic carbocycles. The van der Waals surface area contributed by atoms with Crippen LogP contribution in [-0.4, -0.2) is 47.3 Å². The molecule has 2 aliphatic rings. The molecule has 17 heavy (non-hydrogen) atoms. The molecule has 0 radical (unpaired) electrons. The van der Waals surface area contributed by atoms with E-state index in [0.29, 0.717) is 24.6 Å². The Hall–Kier alpha value is -0.610. The zero-order valence-corrected chi connectivity index (χ0v) is 10.6. The summed E-state index contributed by atoms with van der Waals surface area (Å²) in [7, 11) is 0. The van der Waals surface area contributed by atoms with E-state index in [9.17, 15) is 4.79 Å². The highest BCUT2D eigenvalue weighted by atomic mass is 16.5. The van der Waals surface area contributed by atoms with Gasteiger partial charge in [0, 0.05) is 25.1 Å². The molecule has 0 aromatic heterocycles. The zero-order chi connectivity index (χ0) is 12.3. The van der Waals surface area contributed by atoms with E-state index in [-0.39, 0.29) is 0 Å². The molecule has 2 aliphatic heterocycles. The number of ether oxygens (including phenoxy) is 1. The Kier molecular flexibility index (Phi) is 4.40. The van der Waals surface area contributed by atoms with Crippen LogP contribution < -0.4 is 0 Å². The Balaban J connectivity index is 1.93. The van der Waals surface area contributed by atoms with E-state index in [1.54, 1.807) is 0 Å². The van der Waals surface area contributed by atoms with Gasteiger partial charge in [-0.05, 0) is 39.2 Å². The Morgan fingerprint density at radius 2 is 2.24 bits per heavy atom. The molecule has 0 aromatic rings. The molecule has 2 heterocycles. The number of piperidine rings is 1. The monoisotopic (exact) mass is 241 g/mol. The van der Waals surface area contributed by atoms with Crippen LogP contribution in [0.25, 0.3) is 0 Å². The Bertz CT molecular complexity index is 269. The number of likely N-dealkylation sites (tertiary alicyclic amines) is 1. The second kappa shape index (κ2) is 5.83. The number of aliphatic carboxylic acids is 1. The number of rotatable bonds is 4. The van der Waals surface area contributed by atoms with Crippen LogP contribution in [0.4, 0.5) is 0 Å². The molecule has 2 fully saturated rings. The van der Waals surface area contributed by atoms with Gasteiger partial charge in [-0.1, -0.05) is 6.42 Å². The van der Waals surface area contributed by atoms with E-state index in [1.807, 2.05) is 0 Å². The topological polar surface area (TPSA) is 49.8 Å². The first-order chi connectivity index (χ1) is 8.18. The predicted octanol–water partition coefficient (Wildman–Crippen LogP) is 1.88. The van der Waals surface area contributed by atoms with Crippen molar-refractivity contribution < 1.29 is 14.6 Å². The Labute approximate surface area is 103 Å². The van der Waals surface area contributed by atoms with Gasteiger partial charge in [0.15, 0.2) is 0 Å². The standard InChI is InChI=1S/C13H23NO3/c1-10-12(7-9-17-10)14-8-3-2-4-11(14)5-6-13(15)16/h10-12H,2-9H2,1H3,(H,15,16). The largest absolute Gasteiger partial charge is 0.481 e. The summed E-state index contributed by atoms with van der Waals surface area (Å²) in [5.41, 5.74) is 0. The van der Waals surface area contributed by atoms with E-state index in [0.717, 1.165) is 32.4 Å². The summed E-state index contributed by atoms with van der Waals surface area (Å²) in [6.45, 7) is 4.11. The zero-order valence-electron chi connectivity index (χ0n) is 10.6. The molecule has 0 spiro atoms. The van der Waals surface area contributed by atoms with Gasteiger partial charge in [-0.25, -0.2) is 0 Å². The maximum Gasteiger partial charge on any atom is 0.303 e. The molecule has 0 aliphatic carbocycles. The van der Waals surface area contributed by atoms with Gasteiger partial charge in [0.25, 0.3) is 0 Å². The lowest BCUT2D eigenvalue weighted by atomic mass is 9.94. The molecule has 4 heteroatoms. The third-order valence-electron chi connectivity index (χ3n) is 4.13. The van der Waals surface area contributed by atoms with Crippen molar-refractivity contribution in [1.29, 1.82) is 0 Å². The number of carbonyl (C=O) groups is 1. The fourth-order valence-electron chi connectivity index (χ4n) is 3.22. The highest BCUT2D eigenvalue weighted by Gasteiger charge is 2.35. The van der Waals surface area contributed by atoms with Gasteiger partial charge >= 0.3 is 5.97 Å². The molecule has 2 rings (SSSR count). The van der Waals surface area contributed by atoms with Gasteiger partial charge in [-0.3, -0.25) is 9.69 Å². The van der Waals surface area contributed by atoms with Gasteiger partial charge in [0.05, 0.1) is 6.10 Å². The first kappa shape index (κ1) is 12.8. The van der Waals surface area contributed by atoms with Crippen LogP contribution in [0.3, 0.4) is 0 Å². The minimum atomic E-state index is -0.675. The molecule has 98 valence electrons. The molecule has 0 bridgehead atoms. The molecule has 0 saturated carbocycles. The third kappa shape index (κ3) is 3.19. The molecular weight excluding hydrogens is 218 g/mol. The average molecular weight is 241 g/mol. The van der Waals surface area contributed by atoms with Crippen LogP contribution in [0.1, 0.15) is 45.4 Å². The van der Waals surface area contributed by atoms with Gasteiger partial charge in [0.2, 0.25) is 0 Å². The molecule has 0 amide bonds. The molecule has 4 nitrogen and oxygen atoms in total. The minimum Gasteiger partial charge on any atom is -0.481 e. The third-order valence-corrected chi connectivity index (χ3v) is 4.13. The van der Waals surface area contributed by atoms with E-state index in [4.69, 9.17) is 9.84 Å².